The lowest BCUT2D eigenvalue weighted by atomic mass is 9.99. The monoisotopic (exact) mass is 410 g/mol. The maximum atomic E-state index is 12.5. The number of amides is 2. The Bertz CT molecular complexity index is 903. The largest absolute Gasteiger partial charge is 0.459 e. The number of hydrogen-bond donors (Lipinski definition) is 1. The van der Waals surface area contributed by atoms with Crippen LogP contribution >= 0.6 is 0 Å². The van der Waals surface area contributed by atoms with Gasteiger partial charge in [-0.15, -0.1) is 0 Å². The minimum atomic E-state index is -0.874. The summed E-state index contributed by atoms with van der Waals surface area (Å²) in [6, 6.07) is 12.3. The molecule has 1 aliphatic heterocycles. The molecule has 0 spiro atoms. The van der Waals surface area contributed by atoms with Gasteiger partial charge in [0, 0.05) is 13.1 Å². The molecule has 2 heterocycles. The Kier molecular flexibility index (Phi) is 7.06. The van der Waals surface area contributed by atoms with Crippen LogP contribution in [0.2, 0.25) is 0 Å². The van der Waals surface area contributed by atoms with E-state index in [9.17, 15) is 14.4 Å². The van der Waals surface area contributed by atoms with Crippen LogP contribution in [0.1, 0.15) is 36.4 Å². The van der Waals surface area contributed by atoms with Crippen molar-refractivity contribution in [1.29, 1.82) is 0 Å². The molecule has 3 rings (SSSR count). The van der Waals surface area contributed by atoms with Crippen molar-refractivity contribution in [1.82, 2.24) is 10.2 Å². The number of carbonyl (C=O) groups excluding carboxylic acids is 3. The molecular weight excluding hydrogens is 384 g/mol. The van der Waals surface area contributed by atoms with Crippen molar-refractivity contribution < 1.29 is 23.5 Å². The van der Waals surface area contributed by atoms with Crippen LogP contribution in [0.15, 0.2) is 59.2 Å². The van der Waals surface area contributed by atoms with Crippen molar-refractivity contribution in [2.75, 3.05) is 19.7 Å². The maximum absolute atomic E-state index is 12.5. The summed E-state index contributed by atoms with van der Waals surface area (Å²) >= 11 is 0. The fourth-order valence-electron chi connectivity index (χ4n) is 3.24. The molecule has 7 nitrogen and oxygen atoms in total. The van der Waals surface area contributed by atoms with Gasteiger partial charge in [0.25, 0.3) is 11.8 Å². The zero-order valence-electron chi connectivity index (χ0n) is 17.2. The third kappa shape index (κ3) is 5.37. The molecule has 0 saturated heterocycles. The lowest BCUT2D eigenvalue weighted by Gasteiger charge is -2.27. The van der Waals surface area contributed by atoms with E-state index in [0.717, 1.165) is 12.0 Å². The molecule has 1 atom stereocenters. The molecule has 0 bridgehead atoms. The summed E-state index contributed by atoms with van der Waals surface area (Å²) in [5, 5.41) is 2.60. The number of ether oxygens (including phenoxy) is 1. The topological polar surface area (TPSA) is 88.9 Å². The Hall–Kier alpha value is -3.35. The number of nitrogens with one attached hydrogen (secondary N) is 1. The number of benzene rings is 1. The zero-order chi connectivity index (χ0) is 21.5. The highest BCUT2D eigenvalue weighted by Gasteiger charge is 2.28. The molecule has 1 aromatic heterocycles. The molecule has 0 saturated carbocycles. The van der Waals surface area contributed by atoms with Gasteiger partial charge in [0.05, 0.1) is 6.26 Å². The number of nitrogens with zero attached hydrogens (tertiary/aromatic N) is 1. The highest BCUT2D eigenvalue weighted by atomic mass is 16.5. The van der Waals surface area contributed by atoms with Crippen molar-refractivity contribution in [3.63, 3.8) is 0 Å². The third-order valence-corrected chi connectivity index (χ3v) is 5.00. The fourth-order valence-corrected chi connectivity index (χ4v) is 3.24. The number of esters is 1. The number of furan rings is 1. The first-order valence-corrected chi connectivity index (χ1v) is 9.99. The van der Waals surface area contributed by atoms with Gasteiger partial charge in [-0.1, -0.05) is 50.3 Å². The second-order valence-electron chi connectivity index (χ2n) is 7.47. The van der Waals surface area contributed by atoms with Gasteiger partial charge in [-0.2, -0.15) is 0 Å². The van der Waals surface area contributed by atoms with Crippen molar-refractivity contribution in [3.05, 3.63) is 66.1 Å². The van der Waals surface area contributed by atoms with Gasteiger partial charge in [-0.25, -0.2) is 4.79 Å². The molecule has 0 radical (unpaired) electrons. The summed E-state index contributed by atoms with van der Waals surface area (Å²) in [5.74, 6) is -1.50. The zero-order valence-corrected chi connectivity index (χ0v) is 17.2. The fraction of sp³-hybridized carbons (Fsp3) is 0.348. The van der Waals surface area contributed by atoms with Crippen LogP contribution in [0.25, 0.3) is 5.57 Å². The first-order valence-electron chi connectivity index (χ1n) is 9.99. The van der Waals surface area contributed by atoms with Crippen LogP contribution in [-0.2, 0) is 14.3 Å². The minimum absolute atomic E-state index is 0.110. The standard InChI is InChI=1S/C23H26N2O5/c1-16(2)21(24-22(27)19-9-6-14-29-19)23(28)30-15-20(26)25-12-10-18(11-13-25)17-7-4-3-5-8-17/h3-10,14,16,21H,11-13,15H2,1-2H3,(H,24,27)/t21-/m0/s1. The summed E-state index contributed by atoms with van der Waals surface area (Å²) < 4.78 is 10.3. The first kappa shape index (κ1) is 21.4. The molecule has 1 aliphatic rings. The maximum Gasteiger partial charge on any atom is 0.329 e. The molecule has 30 heavy (non-hydrogen) atoms. The summed E-state index contributed by atoms with van der Waals surface area (Å²) in [6.07, 6.45) is 4.16. The normalized spacial score (nSPS) is 14.8. The van der Waals surface area contributed by atoms with Gasteiger partial charge >= 0.3 is 5.97 Å². The molecular formula is C23H26N2O5. The highest BCUT2D eigenvalue weighted by Crippen LogP contribution is 2.22. The number of carbonyl (C=O) groups is 3. The van der Waals surface area contributed by atoms with Crippen LogP contribution in [0.5, 0.6) is 0 Å². The summed E-state index contributed by atoms with van der Waals surface area (Å²) in [4.78, 5) is 38.8. The van der Waals surface area contributed by atoms with Crippen molar-refractivity contribution in [2.24, 2.45) is 5.92 Å². The van der Waals surface area contributed by atoms with E-state index in [-0.39, 0.29) is 24.2 Å². The van der Waals surface area contributed by atoms with Crippen LogP contribution in [-0.4, -0.2) is 48.4 Å². The second-order valence-corrected chi connectivity index (χ2v) is 7.47. The Morgan fingerprint density at radius 1 is 1.13 bits per heavy atom. The van der Waals surface area contributed by atoms with E-state index in [1.165, 1.54) is 17.9 Å². The van der Waals surface area contributed by atoms with E-state index in [4.69, 9.17) is 9.15 Å². The lowest BCUT2D eigenvalue weighted by molar-refractivity contribution is -0.154. The molecule has 0 aliphatic carbocycles. The van der Waals surface area contributed by atoms with E-state index in [1.54, 1.807) is 24.8 Å². The van der Waals surface area contributed by atoms with Gasteiger partial charge in [0.1, 0.15) is 6.04 Å². The minimum Gasteiger partial charge on any atom is -0.459 e. The van der Waals surface area contributed by atoms with Gasteiger partial charge in [-0.05, 0) is 35.6 Å². The Morgan fingerprint density at radius 2 is 1.90 bits per heavy atom. The van der Waals surface area contributed by atoms with Crippen LogP contribution in [0.3, 0.4) is 0 Å². The lowest BCUT2D eigenvalue weighted by Crippen LogP contribution is -2.46. The molecule has 0 unspecified atom stereocenters. The molecule has 2 amide bonds. The molecule has 2 aromatic rings. The Labute approximate surface area is 175 Å². The average Bonchev–Trinajstić information content (AvgIpc) is 3.31. The Balaban J connectivity index is 1.51. The molecule has 1 N–H and O–H groups in total. The van der Waals surface area contributed by atoms with Crippen LogP contribution in [0.4, 0.5) is 0 Å². The summed E-state index contributed by atoms with van der Waals surface area (Å²) in [6.45, 7) is 4.27. The third-order valence-electron chi connectivity index (χ3n) is 5.00. The number of hydrogen-bond acceptors (Lipinski definition) is 5. The van der Waals surface area contributed by atoms with Gasteiger partial charge in [-0.3, -0.25) is 9.59 Å². The van der Waals surface area contributed by atoms with Gasteiger partial charge < -0.3 is 19.4 Å². The highest BCUT2D eigenvalue weighted by molar-refractivity contribution is 5.94. The van der Waals surface area contributed by atoms with Crippen molar-refractivity contribution in [2.45, 2.75) is 26.3 Å². The average molecular weight is 410 g/mol. The van der Waals surface area contributed by atoms with Gasteiger partial charge in [0.15, 0.2) is 12.4 Å². The quantitative estimate of drug-likeness (QED) is 0.709. The van der Waals surface area contributed by atoms with Crippen LogP contribution < -0.4 is 5.32 Å². The molecule has 158 valence electrons. The summed E-state index contributed by atoms with van der Waals surface area (Å²) in [5.41, 5.74) is 2.36. The smallest absolute Gasteiger partial charge is 0.329 e. The molecule has 0 fully saturated rings. The van der Waals surface area contributed by atoms with Crippen molar-refractivity contribution >= 4 is 23.4 Å². The van der Waals surface area contributed by atoms with E-state index in [1.807, 2.05) is 36.4 Å². The van der Waals surface area contributed by atoms with Crippen LogP contribution in [0, 0.1) is 5.92 Å². The number of rotatable bonds is 7. The Morgan fingerprint density at radius 3 is 2.50 bits per heavy atom. The van der Waals surface area contributed by atoms with E-state index >= 15 is 0 Å². The van der Waals surface area contributed by atoms with E-state index < -0.39 is 17.9 Å². The molecule has 7 heteroatoms. The predicted octanol–water partition coefficient (Wildman–Crippen LogP) is 2.89. The summed E-state index contributed by atoms with van der Waals surface area (Å²) in [7, 11) is 0. The van der Waals surface area contributed by atoms with E-state index in [0.29, 0.717) is 13.1 Å². The van der Waals surface area contributed by atoms with Crippen molar-refractivity contribution in [3.8, 4) is 0 Å². The first-order chi connectivity index (χ1) is 14.5. The van der Waals surface area contributed by atoms with E-state index in [2.05, 4.69) is 5.32 Å². The molecule has 1 aromatic carbocycles. The second kappa shape index (κ2) is 9.91. The predicted molar refractivity (Wildman–Crippen MR) is 111 cm³/mol. The SMILES string of the molecule is CC(C)[C@H](NC(=O)c1ccco1)C(=O)OCC(=O)N1CC=C(c2ccccc2)CC1. The van der Waals surface area contributed by atoms with Gasteiger partial charge in [0.2, 0.25) is 0 Å².